The zero-order valence-corrected chi connectivity index (χ0v) is 10.3. The Morgan fingerprint density at radius 2 is 2.00 bits per heavy atom. The van der Waals surface area contributed by atoms with Gasteiger partial charge < -0.3 is 10.1 Å². The van der Waals surface area contributed by atoms with Gasteiger partial charge in [-0.25, -0.2) is 0 Å². The zero-order chi connectivity index (χ0) is 10.9. The topological polar surface area (TPSA) is 21.3 Å². The van der Waals surface area contributed by atoms with Crippen molar-refractivity contribution in [3.8, 4) is 5.75 Å². The number of ether oxygens (including phenoxy) is 1. The first-order chi connectivity index (χ1) is 7.36. The van der Waals surface area contributed by atoms with Gasteiger partial charge in [-0.05, 0) is 30.5 Å². The third-order valence-corrected chi connectivity index (χ3v) is 2.87. The number of hydrogen-bond acceptors (Lipinski definition) is 3. The summed E-state index contributed by atoms with van der Waals surface area (Å²) in [6, 6.07) is 8.25. The fourth-order valence-corrected chi connectivity index (χ4v) is 1.76. The summed E-state index contributed by atoms with van der Waals surface area (Å²) in [5.74, 6) is 3.19. The van der Waals surface area contributed by atoms with E-state index in [1.165, 1.54) is 5.56 Å². The lowest BCUT2D eigenvalue weighted by Crippen LogP contribution is -2.05. The van der Waals surface area contributed by atoms with Crippen molar-refractivity contribution >= 4 is 11.8 Å². The first-order valence-electron chi connectivity index (χ1n) is 5.31. The highest BCUT2D eigenvalue weighted by Gasteiger charge is 1.94. The van der Waals surface area contributed by atoms with Gasteiger partial charge in [-0.3, -0.25) is 0 Å². The first-order valence-corrected chi connectivity index (χ1v) is 6.46. The lowest BCUT2D eigenvalue weighted by Gasteiger charge is -2.06. The fraction of sp³-hybridized carbons (Fsp3) is 0.500. The van der Waals surface area contributed by atoms with Crippen molar-refractivity contribution in [2.45, 2.75) is 13.5 Å². The fourth-order valence-electron chi connectivity index (χ4n) is 1.27. The molecule has 1 aromatic rings. The Hall–Kier alpha value is -0.670. The van der Waals surface area contributed by atoms with Gasteiger partial charge in [0.1, 0.15) is 5.75 Å². The van der Waals surface area contributed by atoms with Gasteiger partial charge in [0.15, 0.2) is 0 Å². The summed E-state index contributed by atoms with van der Waals surface area (Å²) in [5.41, 5.74) is 1.28. The monoisotopic (exact) mass is 225 g/mol. The number of hydrogen-bond donors (Lipinski definition) is 1. The SMILES string of the molecule is CCSCCOc1ccc(CNC)cc1. The van der Waals surface area contributed by atoms with Crippen LogP contribution in [0.1, 0.15) is 12.5 Å². The van der Waals surface area contributed by atoms with Crippen LogP contribution in [0.15, 0.2) is 24.3 Å². The van der Waals surface area contributed by atoms with E-state index < -0.39 is 0 Å². The molecule has 0 aromatic heterocycles. The lowest BCUT2D eigenvalue weighted by molar-refractivity contribution is 0.344. The third kappa shape index (κ3) is 5.09. The Labute approximate surface area is 96.4 Å². The average Bonchev–Trinajstić information content (AvgIpc) is 2.27. The number of thioether (sulfide) groups is 1. The van der Waals surface area contributed by atoms with Crippen LogP contribution in [-0.4, -0.2) is 25.2 Å². The molecular formula is C12H19NOS. The summed E-state index contributed by atoms with van der Waals surface area (Å²) < 4.78 is 5.60. The molecule has 1 aromatic carbocycles. The minimum Gasteiger partial charge on any atom is -0.493 e. The van der Waals surface area contributed by atoms with E-state index in [4.69, 9.17) is 4.74 Å². The van der Waals surface area contributed by atoms with E-state index in [1.54, 1.807) is 0 Å². The summed E-state index contributed by atoms with van der Waals surface area (Å²) in [7, 11) is 1.95. The minimum atomic E-state index is 0.796. The number of benzene rings is 1. The lowest BCUT2D eigenvalue weighted by atomic mass is 10.2. The molecule has 0 heterocycles. The second-order valence-corrected chi connectivity index (χ2v) is 4.61. The van der Waals surface area contributed by atoms with Crippen LogP contribution in [0.4, 0.5) is 0 Å². The maximum Gasteiger partial charge on any atom is 0.119 e. The van der Waals surface area contributed by atoms with Gasteiger partial charge in [-0.2, -0.15) is 11.8 Å². The van der Waals surface area contributed by atoms with Crippen LogP contribution >= 0.6 is 11.8 Å². The van der Waals surface area contributed by atoms with E-state index in [0.717, 1.165) is 30.4 Å². The van der Waals surface area contributed by atoms with Gasteiger partial charge in [-0.15, -0.1) is 0 Å². The third-order valence-electron chi connectivity index (χ3n) is 2.00. The average molecular weight is 225 g/mol. The molecule has 0 spiro atoms. The molecule has 0 fully saturated rings. The van der Waals surface area contributed by atoms with Gasteiger partial charge in [0, 0.05) is 12.3 Å². The van der Waals surface area contributed by atoms with Crippen molar-refractivity contribution in [3.05, 3.63) is 29.8 Å². The quantitative estimate of drug-likeness (QED) is 0.721. The van der Waals surface area contributed by atoms with Gasteiger partial charge in [0.05, 0.1) is 6.61 Å². The van der Waals surface area contributed by atoms with Crippen LogP contribution in [0.25, 0.3) is 0 Å². The smallest absolute Gasteiger partial charge is 0.119 e. The molecule has 84 valence electrons. The highest BCUT2D eigenvalue weighted by molar-refractivity contribution is 7.99. The van der Waals surface area contributed by atoms with Gasteiger partial charge in [0.25, 0.3) is 0 Å². The summed E-state index contributed by atoms with van der Waals surface area (Å²) in [6.07, 6.45) is 0. The maximum absolute atomic E-state index is 5.60. The van der Waals surface area contributed by atoms with E-state index in [1.807, 2.05) is 30.9 Å². The Balaban J connectivity index is 2.29. The van der Waals surface area contributed by atoms with Crippen molar-refractivity contribution in [2.24, 2.45) is 0 Å². The molecule has 0 aliphatic rings. The van der Waals surface area contributed by atoms with Crippen LogP contribution in [-0.2, 0) is 6.54 Å². The second kappa shape index (κ2) is 7.60. The molecule has 0 aliphatic heterocycles. The molecule has 3 heteroatoms. The maximum atomic E-state index is 5.60. The molecular weight excluding hydrogens is 206 g/mol. The molecule has 1 rings (SSSR count). The molecule has 1 N–H and O–H groups in total. The normalized spacial score (nSPS) is 10.3. The molecule has 0 saturated heterocycles. The Kier molecular flexibility index (Phi) is 6.28. The van der Waals surface area contributed by atoms with E-state index in [-0.39, 0.29) is 0 Å². The van der Waals surface area contributed by atoms with Crippen molar-refractivity contribution in [3.63, 3.8) is 0 Å². The predicted octanol–water partition coefficient (Wildman–Crippen LogP) is 2.54. The summed E-state index contributed by atoms with van der Waals surface area (Å²) in [6.45, 7) is 3.87. The van der Waals surface area contributed by atoms with E-state index in [0.29, 0.717) is 0 Å². The zero-order valence-electron chi connectivity index (χ0n) is 9.45. The summed E-state index contributed by atoms with van der Waals surface area (Å²) in [5, 5.41) is 3.12. The van der Waals surface area contributed by atoms with Crippen LogP contribution in [0, 0.1) is 0 Å². The van der Waals surface area contributed by atoms with Gasteiger partial charge in [0.2, 0.25) is 0 Å². The number of nitrogens with one attached hydrogen (secondary N) is 1. The molecule has 0 unspecified atom stereocenters. The van der Waals surface area contributed by atoms with E-state index in [2.05, 4.69) is 24.4 Å². The molecule has 0 atom stereocenters. The standard InChI is InChI=1S/C12H19NOS/c1-3-15-9-8-14-12-6-4-11(5-7-12)10-13-2/h4-7,13H,3,8-10H2,1-2H3. The van der Waals surface area contributed by atoms with E-state index >= 15 is 0 Å². The van der Waals surface area contributed by atoms with Crippen molar-refractivity contribution in [2.75, 3.05) is 25.2 Å². The largest absolute Gasteiger partial charge is 0.493 e. The Morgan fingerprint density at radius 3 is 2.60 bits per heavy atom. The molecule has 0 bridgehead atoms. The van der Waals surface area contributed by atoms with Gasteiger partial charge in [-0.1, -0.05) is 19.1 Å². The van der Waals surface area contributed by atoms with Crippen LogP contribution in [0.3, 0.4) is 0 Å². The molecule has 0 amide bonds. The Morgan fingerprint density at radius 1 is 1.27 bits per heavy atom. The van der Waals surface area contributed by atoms with E-state index in [9.17, 15) is 0 Å². The summed E-state index contributed by atoms with van der Waals surface area (Å²) >= 11 is 1.90. The molecule has 0 radical (unpaired) electrons. The molecule has 0 saturated carbocycles. The van der Waals surface area contributed by atoms with Crippen LogP contribution in [0.2, 0.25) is 0 Å². The first kappa shape index (κ1) is 12.4. The molecule has 15 heavy (non-hydrogen) atoms. The molecule has 0 aliphatic carbocycles. The van der Waals surface area contributed by atoms with Crippen LogP contribution < -0.4 is 10.1 Å². The van der Waals surface area contributed by atoms with Crippen LogP contribution in [0.5, 0.6) is 5.75 Å². The second-order valence-electron chi connectivity index (χ2n) is 3.22. The van der Waals surface area contributed by atoms with Crippen molar-refractivity contribution in [1.82, 2.24) is 5.32 Å². The van der Waals surface area contributed by atoms with Gasteiger partial charge >= 0.3 is 0 Å². The predicted molar refractivity (Wildman–Crippen MR) is 67.7 cm³/mol. The highest BCUT2D eigenvalue weighted by Crippen LogP contribution is 2.12. The molecule has 2 nitrogen and oxygen atoms in total. The van der Waals surface area contributed by atoms with Crippen molar-refractivity contribution < 1.29 is 4.74 Å². The van der Waals surface area contributed by atoms with Crippen molar-refractivity contribution in [1.29, 1.82) is 0 Å². The number of rotatable bonds is 7. The Bertz CT molecular complexity index is 261. The minimum absolute atomic E-state index is 0.796. The summed E-state index contributed by atoms with van der Waals surface area (Å²) in [4.78, 5) is 0. The highest BCUT2D eigenvalue weighted by atomic mass is 32.2.